The van der Waals surface area contributed by atoms with E-state index in [-0.39, 0.29) is 0 Å². The number of hydrogen-bond donors (Lipinski definition) is 1. The van der Waals surface area contributed by atoms with E-state index in [0.717, 1.165) is 18.8 Å². The van der Waals surface area contributed by atoms with E-state index in [1.54, 1.807) is 0 Å². The summed E-state index contributed by atoms with van der Waals surface area (Å²) in [5.41, 5.74) is 2.34. The molecule has 0 fully saturated rings. The van der Waals surface area contributed by atoms with Gasteiger partial charge in [0.2, 0.25) is 0 Å². The Kier molecular flexibility index (Phi) is 5.68. The van der Waals surface area contributed by atoms with Crippen LogP contribution in [0.25, 0.3) is 0 Å². The molecule has 0 unspecified atom stereocenters. The first-order valence-electron chi connectivity index (χ1n) is 5.91. The van der Waals surface area contributed by atoms with Crippen molar-refractivity contribution < 1.29 is 0 Å². The molecule has 0 atom stereocenters. The molecule has 3 nitrogen and oxygen atoms in total. The summed E-state index contributed by atoms with van der Waals surface area (Å²) in [4.78, 5) is 6.51. The normalized spacial score (nSPS) is 10.8. The molecule has 3 heteroatoms. The summed E-state index contributed by atoms with van der Waals surface area (Å²) in [5, 5.41) is 3.41. The van der Waals surface area contributed by atoms with E-state index in [1.165, 1.54) is 5.56 Å². The fourth-order valence-corrected chi connectivity index (χ4v) is 1.56. The lowest BCUT2D eigenvalue weighted by molar-refractivity contribution is 0.362. The first-order chi connectivity index (χ1) is 8.13. The minimum absolute atomic E-state index is 0.478. The number of pyridine rings is 1. The molecule has 0 aromatic carbocycles. The molecule has 1 aromatic rings. The quantitative estimate of drug-likeness (QED) is 0.755. The third kappa shape index (κ3) is 4.99. The van der Waals surface area contributed by atoms with Crippen LogP contribution in [0.15, 0.2) is 18.3 Å². The standard InChI is InChI=1S/C14H21N3/c1-5-9-17(4)11-14-13(7-6-8-15-14)10-16-12(2)3/h1,6-8,12,16H,9-11H2,2-4H3. The molecular weight excluding hydrogens is 210 g/mol. The van der Waals surface area contributed by atoms with Crippen molar-refractivity contribution in [2.75, 3.05) is 13.6 Å². The molecule has 1 aromatic heterocycles. The van der Waals surface area contributed by atoms with Crippen LogP contribution in [0, 0.1) is 12.3 Å². The summed E-state index contributed by atoms with van der Waals surface area (Å²) in [6.07, 6.45) is 7.13. The van der Waals surface area contributed by atoms with Gasteiger partial charge in [0.1, 0.15) is 0 Å². The Morgan fingerprint density at radius 1 is 1.53 bits per heavy atom. The van der Waals surface area contributed by atoms with Crippen LogP contribution in [-0.4, -0.2) is 29.5 Å². The van der Waals surface area contributed by atoms with Crippen LogP contribution in [0.4, 0.5) is 0 Å². The third-order valence-corrected chi connectivity index (χ3v) is 2.47. The molecule has 0 bridgehead atoms. The van der Waals surface area contributed by atoms with Crippen LogP contribution in [-0.2, 0) is 13.1 Å². The monoisotopic (exact) mass is 231 g/mol. The summed E-state index contributed by atoms with van der Waals surface area (Å²) in [6, 6.07) is 4.56. The van der Waals surface area contributed by atoms with Crippen LogP contribution in [0.5, 0.6) is 0 Å². The summed E-state index contributed by atoms with van der Waals surface area (Å²) in [5.74, 6) is 2.64. The average Bonchev–Trinajstić information content (AvgIpc) is 2.28. The molecule has 92 valence electrons. The first-order valence-corrected chi connectivity index (χ1v) is 5.91. The van der Waals surface area contributed by atoms with E-state index >= 15 is 0 Å². The second kappa shape index (κ2) is 7.05. The van der Waals surface area contributed by atoms with Crippen molar-refractivity contribution in [3.05, 3.63) is 29.6 Å². The second-order valence-electron chi connectivity index (χ2n) is 4.52. The van der Waals surface area contributed by atoms with E-state index in [1.807, 2.05) is 19.3 Å². The van der Waals surface area contributed by atoms with Crippen molar-refractivity contribution in [2.45, 2.75) is 33.0 Å². The highest BCUT2D eigenvalue weighted by molar-refractivity contribution is 5.19. The summed E-state index contributed by atoms with van der Waals surface area (Å²) >= 11 is 0. The molecule has 0 saturated heterocycles. The Balaban J connectivity index is 2.67. The lowest BCUT2D eigenvalue weighted by Gasteiger charge is -2.16. The Bertz CT molecular complexity index is 379. The van der Waals surface area contributed by atoms with Crippen molar-refractivity contribution in [1.82, 2.24) is 15.2 Å². The molecule has 0 spiro atoms. The lowest BCUT2D eigenvalue weighted by atomic mass is 10.1. The maximum absolute atomic E-state index is 5.30. The number of nitrogens with one attached hydrogen (secondary N) is 1. The van der Waals surface area contributed by atoms with Gasteiger partial charge in [-0.3, -0.25) is 9.88 Å². The van der Waals surface area contributed by atoms with Gasteiger partial charge in [0.15, 0.2) is 0 Å². The summed E-state index contributed by atoms with van der Waals surface area (Å²) in [7, 11) is 2.01. The highest BCUT2D eigenvalue weighted by atomic mass is 15.1. The molecular formula is C14H21N3. The lowest BCUT2D eigenvalue weighted by Crippen LogP contribution is -2.24. The highest BCUT2D eigenvalue weighted by Crippen LogP contribution is 2.07. The van der Waals surface area contributed by atoms with Gasteiger partial charge >= 0.3 is 0 Å². The van der Waals surface area contributed by atoms with Gasteiger partial charge in [-0.25, -0.2) is 0 Å². The van der Waals surface area contributed by atoms with Crippen molar-refractivity contribution >= 4 is 0 Å². The van der Waals surface area contributed by atoms with Gasteiger partial charge in [0, 0.05) is 25.3 Å². The molecule has 0 aliphatic carbocycles. The number of rotatable bonds is 6. The average molecular weight is 231 g/mol. The minimum Gasteiger partial charge on any atom is -0.310 e. The smallest absolute Gasteiger partial charge is 0.0599 e. The van der Waals surface area contributed by atoms with Gasteiger partial charge < -0.3 is 5.32 Å². The minimum atomic E-state index is 0.478. The van der Waals surface area contributed by atoms with Gasteiger partial charge in [-0.1, -0.05) is 25.8 Å². The zero-order valence-electron chi connectivity index (χ0n) is 10.9. The number of nitrogens with zero attached hydrogens (tertiary/aromatic N) is 2. The Morgan fingerprint density at radius 3 is 2.94 bits per heavy atom. The molecule has 1 rings (SSSR count). The molecule has 1 heterocycles. The molecule has 0 aliphatic rings. The fraction of sp³-hybridized carbons (Fsp3) is 0.500. The van der Waals surface area contributed by atoms with E-state index in [9.17, 15) is 0 Å². The van der Waals surface area contributed by atoms with Crippen molar-refractivity contribution in [2.24, 2.45) is 0 Å². The number of terminal acetylenes is 1. The molecule has 0 amide bonds. The first kappa shape index (κ1) is 13.7. The Hall–Kier alpha value is -1.37. The topological polar surface area (TPSA) is 28.2 Å². The second-order valence-corrected chi connectivity index (χ2v) is 4.52. The largest absolute Gasteiger partial charge is 0.310 e. The SMILES string of the molecule is C#CCN(C)Cc1ncccc1CNC(C)C. The van der Waals surface area contributed by atoms with Gasteiger partial charge in [-0.15, -0.1) is 6.42 Å². The zero-order chi connectivity index (χ0) is 12.7. The van der Waals surface area contributed by atoms with Crippen molar-refractivity contribution in [3.63, 3.8) is 0 Å². The van der Waals surface area contributed by atoms with Gasteiger partial charge in [-0.2, -0.15) is 0 Å². The van der Waals surface area contributed by atoms with E-state index in [4.69, 9.17) is 6.42 Å². The number of aromatic nitrogens is 1. The molecule has 17 heavy (non-hydrogen) atoms. The van der Waals surface area contributed by atoms with E-state index in [2.05, 4.69) is 41.0 Å². The van der Waals surface area contributed by atoms with Gasteiger partial charge in [0.25, 0.3) is 0 Å². The van der Waals surface area contributed by atoms with Crippen LogP contribution < -0.4 is 5.32 Å². The third-order valence-electron chi connectivity index (χ3n) is 2.47. The maximum Gasteiger partial charge on any atom is 0.0599 e. The summed E-state index contributed by atoms with van der Waals surface area (Å²) in [6.45, 7) is 6.57. The van der Waals surface area contributed by atoms with E-state index in [0.29, 0.717) is 12.6 Å². The highest BCUT2D eigenvalue weighted by Gasteiger charge is 2.06. The zero-order valence-corrected chi connectivity index (χ0v) is 10.9. The van der Waals surface area contributed by atoms with Crippen molar-refractivity contribution in [1.29, 1.82) is 0 Å². The predicted octanol–water partition coefficient (Wildman–Crippen LogP) is 1.64. The van der Waals surface area contributed by atoms with Crippen LogP contribution in [0.3, 0.4) is 0 Å². The van der Waals surface area contributed by atoms with Crippen LogP contribution >= 0.6 is 0 Å². The summed E-state index contributed by atoms with van der Waals surface area (Å²) < 4.78 is 0. The predicted molar refractivity (Wildman–Crippen MR) is 71.4 cm³/mol. The number of hydrogen-bond acceptors (Lipinski definition) is 3. The molecule has 0 radical (unpaired) electrons. The maximum atomic E-state index is 5.30. The van der Waals surface area contributed by atoms with Crippen molar-refractivity contribution in [3.8, 4) is 12.3 Å². The molecule has 1 N–H and O–H groups in total. The molecule has 0 aliphatic heterocycles. The van der Waals surface area contributed by atoms with Gasteiger partial charge in [0.05, 0.1) is 12.2 Å². The van der Waals surface area contributed by atoms with Crippen LogP contribution in [0.2, 0.25) is 0 Å². The van der Waals surface area contributed by atoms with Crippen LogP contribution in [0.1, 0.15) is 25.1 Å². The Morgan fingerprint density at radius 2 is 2.29 bits per heavy atom. The molecule has 0 saturated carbocycles. The van der Waals surface area contributed by atoms with E-state index < -0.39 is 0 Å². The van der Waals surface area contributed by atoms with Gasteiger partial charge in [-0.05, 0) is 18.7 Å². The Labute approximate surface area is 104 Å². The fourth-order valence-electron chi connectivity index (χ4n) is 1.56.